The number of carbonyl (C=O) groups excluding carboxylic acids is 1. The highest BCUT2D eigenvalue weighted by atomic mass is 35.5. The molecule has 29 heavy (non-hydrogen) atoms. The van der Waals surface area contributed by atoms with Crippen molar-refractivity contribution in [2.45, 2.75) is 6.04 Å². The van der Waals surface area contributed by atoms with Crippen LogP contribution in [0.1, 0.15) is 22.2 Å². The number of hydrogen-bond acceptors (Lipinski definition) is 3. The Morgan fingerprint density at radius 2 is 1.62 bits per heavy atom. The molecule has 4 nitrogen and oxygen atoms in total. The standard InChI is InChI=1S/C23H16ClN3OS/c24-16-12-10-15(11-13-16)21-19(22-25-17-8-4-5-9-18(17)29-22)20(26-23(28)27-21)14-6-2-1-3-7-14/h1-13,21H,(H2,26,27,28)/t21-/m0/s1. The van der Waals surface area contributed by atoms with Crippen molar-refractivity contribution in [3.05, 3.63) is 100 Å². The van der Waals surface area contributed by atoms with Crippen LogP contribution in [-0.4, -0.2) is 11.0 Å². The minimum absolute atomic E-state index is 0.242. The van der Waals surface area contributed by atoms with Gasteiger partial charge in [-0.15, -0.1) is 11.3 Å². The number of nitrogens with one attached hydrogen (secondary N) is 2. The van der Waals surface area contributed by atoms with Crippen molar-refractivity contribution in [3.8, 4) is 0 Å². The lowest BCUT2D eigenvalue weighted by molar-refractivity contribution is 0.242. The number of para-hydroxylation sites is 1. The molecule has 0 saturated carbocycles. The zero-order valence-corrected chi connectivity index (χ0v) is 16.8. The number of amides is 2. The molecule has 6 heteroatoms. The van der Waals surface area contributed by atoms with E-state index in [-0.39, 0.29) is 12.1 Å². The summed E-state index contributed by atoms with van der Waals surface area (Å²) in [5.74, 6) is 0. The number of thiazole rings is 1. The number of urea groups is 1. The third-order valence-corrected chi connectivity index (χ3v) is 6.18. The van der Waals surface area contributed by atoms with Gasteiger partial charge in [0.05, 0.1) is 22.0 Å². The second-order valence-corrected chi connectivity index (χ2v) is 8.19. The van der Waals surface area contributed by atoms with Crippen LogP contribution in [0.15, 0.2) is 78.9 Å². The number of fused-ring (bicyclic) bond motifs is 1. The number of benzene rings is 3. The van der Waals surface area contributed by atoms with Gasteiger partial charge >= 0.3 is 6.03 Å². The average Bonchev–Trinajstić information content (AvgIpc) is 3.18. The summed E-state index contributed by atoms with van der Waals surface area (Å²) < 4.78 is 1.11. The number of rotatable bonds is 3. The molecule has 0 aliphatic carbocycles. The molecular formula is C23H16ClN3OS. The van der Waals surface area contributed by atoms with Gasteiger partial charge in [-0.3, -0.25) is 0 Å². The SMILES string of the molecule is O=C1NC(c2ccccc2)=C(c2nc3ccccc3s2)[C@H](c2ccc(Cl)cc2)N1. The van der Waals surface area contributed by atoms with Crippen LogP contribution < -0.4 is 10.6 Å². The van der Waals surface area contributed by atoms with Crippen molar-refractivity contribution in [2.24, 2.45) is 0 Å². The number of nitrogens with zero attached hydrogens (tertiary/aromatic N) is 1. The molecule has 0 unspecified atom stereocenters. The lowest BCUT2D eigenvalue weighted by Gasteiger charge is -2.30. The van der Waals surface area contributed by atoms with Crippen LogP contribution in [0.3, 0.4) is 0 Å². The Morgan fingerprint density at radius 3 is 2.38 bits per heavy atom. The number of halogens is 1. The van der Waals surface area contributed by atoms with Gasteiger partial charge in [-0.25, -0.2) is 9.78 Å². The number of carbonyl (C=O) groups is 1. The van der Waals surface area contributed by atoms with E-state index in [1.54, 1.807) is 11.3 Å². The first kappa shape index (κ1) is 17.9. The maximum absolute atomic E-state index is 12.5. The maximum Gasteiger partial charge on any atom is 0.320 e. The van der Waals surface area contributed by atoms with Crippen LogP contribution in [-0.2, 0) is 0 Å². The Bertz CT molecular complexity index is 1200. The van der Waals surface area contributed by atoms with Crippen molar-refractivity contribution in [1.29, 1.82) is 0 Å². The molecule has 0 fully saturated rings. The van der Waals surface area contributed by atoms with E-state index in [1.165, 1.54) is 0 Å². The Balaban J connectivity index is 1.76. The van der Waals surface area contributed by atoms with Crippen LogP contribution >= 0.6 is 22.9 Å². The van der Waals surface area contributed by atoms with E-state index >= 15 is 0 Å². The Kier molecular flexibility index (Phi) is 4.54. The highest BCUT2D eigenvalue weighted by Crippen LogP contribution is 2.40. The summed E-state index contributed by atoms with van der Waals surface area (Å²) in [5, 5.41) is 7.60. The predicted molar refractivity (Wildman–Crippen MR) is 119 cm³/mol. The lowest BCUT2D eigenvalue weighted by atomic mass is 9.93. The van der Waals surface area contributed by atoms with E-state index < -0.39 is 0 Å². The minimum atomic E-state index is -0.336. The minimum Gasteiger partial charge on any atom is -0.327 e. The molecule has 2 amide bonds. The van der Waals surface area contributed by atoms with E-state index in [4.69, 9.17) is 16.6 Å². The Labute approximate surface area is 176 Å². The summed E-state index contributed by atoms with van der Waals surface area (Å²) in [6.45, 7) is 0. The van der Waals surface area contributed by atoms with Crippen molar-refractivity contribution in [2.75, 3.05) is 0 Å². The summed E-state index contributed by atoms with van der Waals surface area (Å²) in [4.78, 5) is 17.4. The topological polar surface area (TPSA) is 54.0 Å². The van der Waals surface area contributed by atoms with Gasteiger partial charge in [-0.05, 0) is 35.4 Å². The van der Waals surface area contributed by atoms with E-state index in [2.05, 4.69) is 16.7 Å². The molecule has 0 bridgehead atoms. The fourth-order valence-electron chi connectivity index (χ4n) is 3.52. The van der Waals surface area contributed by atoms with Gasteiger partial charge in [0.2, 0.25) is 0 Å². The number of aromatic nitrogens is 1. The van der Waals surface area contributed by atoms with Gasteiger partial charge in [-0.2, -0.15) is 0 Å². The van der Waals surface area contributed by atoms with Crippen LogP contribution in [0.5, 0.6) is 0 Å². The van der Waals surface area contributed by atoms with Gasteiger partial charge in [0.25, 0.3) is 0 Å². The van der Waals surface area contributed by atoms with Crippen molar-refractivity contribution in [1.82, 2.24) is 15.6 Å². The van der Waals surface area contributed by atoms with E-state index in [0.29, 0.717) is 5.02 Å². The smallest absolute Gasteiger partial charge is 0.320 e. The van der Waals surface area contributed by atoms with Crippen LogP contribution in [0, 0.1) is 0 Å². The number of hydrogen-bond donors (Lipinski definition) is 2. The fraction of sp³-hybridized carbons (Fsp3) is 0.0435. The van der Waals surface area contributed by atoms with Crippen molar-refractivity contribution < 1.29 is 4.79 Å². The molecule has 142 valence electrons. The fourth-order valence-corrected chi connectivity index (χ4v) is 4.69. The molecule has 1 aliphatic heterocycles. The second kappa shape index (κ2) is 7.35. The molecule has 1 atom stereocenters. The molecule has 5 rings (SSSR count). The lowest BCUT2D eigenvalue weighted by Crippen LogP contribution is -2.42. The second-order valence-electron chi connectivity index (χ2n) is 6.72. The Hall–Kier alpha value is -3.15. The van der Waals surface area contributed by atoms with E-state index in [0.717, 1.165) is 37.6 Å². The molecule has 4 aromatic rings. The molecule has 2 N–H and O–H groups in total. The maximum atomic E-state index is 12.5. The van der Waals surface area contributed by atoms with Crippen molar-refractivity contribution >= 4 is 50.5 Å². The average molecular weight is 418 g/mol. The summed E-state index contributed by atoms with van der Waals surface area (Å²) in [6.07, 6.45) is 0. The third kappa shape index (κ3) is 3.39. The molecular weight excluding hydrogens is 402 g/mol. The normalized spacial score (nSPS) is 16.6. The van der Waals surface area contributed by atoms with Gasteiger partial charge in [0.15, 0.2) is 0 Å². The molecule has 1 aromatic heterocycles. The van der Waals surface area contributed by atoms with Gasteiger partial charge in [0.1, 0.15) is 5.01 Å². The summed E-state index contributed by atoms with van der Waals surface area (Å²) in [5.41, 5.74) is 4.55. The van der Waals surface area contributed by atoms with Crippen LogP contribution in [0.25, 0.3) is 21.5 Å². The van der Waals surface area contributed by atoms with E-state index in [1.807, 2.05) is 72.8 Å². The Morgan fingerprint density at radius 1 is 0.897 bits per heavy atom. The zero-order chi connectivity index (χ0) is 19.8. The zero-order valence-electron chi connectivity index (χ0n) is 15.2. The first-order valence-corrected chi connectivity index (χ1v) is 10.4. The van der Waals surface area contributed by atoms with Crippen LogP contribution in [0.2, 0.25) is 5.02 Å². The summed E-state index contributed by atoms with van der Waals surface area (Å²) in [7, 11) is 0. The summed E-state index contributed by atoms with van der Waals surface area (Å²) in [6, 6.07) is 24.9. The molecule has 3 aromatic carbocycles. The summed E-state index contributed by atoms with van der Waals surface area (Å²) >= 11 is 7.71. The molecule has 0 radical (unpaired) electrons. The highest BCUT2D eigenvalue weighted by Gasteiger charge is 2.31. The quantitative estimate of drug-likeness (QED) is 0.437. The van der Waals surface area contributed by atoms with Gasteiger partial charge in [0, 0.05) is 10.6 Å². The van der Waals surface area contributed by atoms with Crippen molar-refractivity contribution in [3.63, 3.8) is 0 Å². The highest BCUT2D eigenvalue weighted by molar-refractivity contribution is 7.19. The first-order valence-electron chi connectivity index (χ1n) is 9.17. The molecule has 2 heterocycles. The third-order valence-electron chi connectivity index (χ3n) is 4.86. The molecule has 0 spiro atoms. The molecule has 1 aliphatic rings. The largest absolute Gasteiger partial charge is 0.327 e. The predicted octanol–water partition coefficient (Wildman–Crippen LogP) is 5.87. The van der Waals surface area contributed by atoms with Crippen LogP contribution in [0.4, 0.5) is 4.79 Å². The van der Waals surface area contributed by atoms with E-state index in [9.17, 15) is 4.79 Å². The van der Waals surface area contributed by atoms with Gasteiger partial charge < -0.3 is 10.6 Å². The van der Waals surface area contributed by atoms with Gasteiger partial charge in [-0.1, -0.05) is 66.2 Å². The molecule has 0 saturated heterocycles. The monoisotopic (exact) mass is 417 g/mol. The first-order chi connectivity index (χ1) is 14.2.